The minimum Gasteiger partial charge on any atom is -0.478 e. The normalized spacial score (nSPS) is 10.1. The van der Waals surface area contributed by atoms with E-state index >= 15 is 0 Å². The Morgan fingerprint density at radius 1 is 1.35 bits per heavy atom. The number of halogens is 1. The third-order valence-corrected chi connectivity index (χ3v) is 2.98. The van der Waals surface area contributed by atoms with Gasteiger partial charge in [-0.2, -0.15) is 0 Å². The van der Waals surface area contributed by atoms with Gasteiger partial charge < -0.3 is 9.84 Å². The number of carboxylic acids is 1. The van der Waals surface area contributed by atoms with Gasteiger partial charge in [-0.15, -0.1) is 0 Å². The van der Waals surface area contributed by atoms with Gasteiger partial charge in [-0.25, -0.2) is 9.78 Å². The zero-order chi connectivity index (χ0) is 14.7. The first-order valence-electron chi connectivity index (χ1n) is 5.28. The van der Waals surface area contributed by atoms with Crippen LogP contribution in [0.4, 0.5) is 5.69 Å². The molecule has 0 aliphatic rings. The molecule has 0 radical (unpaired) electrons. The van der Waals surface area contributed by atoms with E-state index in [2.05, 4.69) is 20.9 Å². The van der Waals surface area contributed by atoms with Gasteiger partial charge in [0.1, 0.15) is 5.75 Å². The lowest BCUT2D eigenvalue weighted by Gasteiger charge is -2.07. The van der Waals surface area contributed by atoms with E-state index in [0.717, 1.165) is 6.07 Å². The van der Waals surface area contributed by atoms with Crippen LogP contribution in [-0.2, 0) is 0 Å². The van der Waals surface area contributed by atoms with E-state index in [0.29, 0.717) is 4.47 Å². The predicted octanol–water partition coefficient (Wildman–Crippen LogP) is 3.24. The summed E-state index contributed by atoms with van der Waals surface area (Å²) in [7, 11) is 0. The highest BCUT2D eigenvalue weighted by atomic mass is 79.9. The second-order valence-electron chi connectivity index (χ2n) is 3.66. The summed E-state index contributed by atoms with van der Waals surface area (Å²) in [6, 6.07) is 6.60. The van der Waals surface area contributed by atoms with Crippen LogP contribution in [0.1, 0.15) is 10.4 Å². The molecule has 0 aliphatic carbocycles. The molecule has 0 saturated heterocycles. The Morgan fingerprint density at radius 2 is 2.10 bits per heavy atom. The maximum Gasteiger partial charge on any atom is 0.335 e. The van der Waals surface area contributed by atoms with Crippen LogP contribution in [-0.4, -0.2) is 21.0 Å². The van der Waals surface area contributed by atoms with Crippen LogP contribution in [0.2, 0.25) is 0 Å². The minimum absolute atomic E-state index is 0.00226. The molecule has 0 fully saturated rings. The summed E-state index contributed by atoms with van der Waals surface area (Å²) in [5.41, 5.74) is -0.130. The molecule has 0 bridgehead atoms. The van der Waals surface area contributed by atoms with Gasteiger partial charge in [0.2, 0.25) is 5.88 Å². The van der Waals surface area contributed by atoms with E-state index in [9.17, 15) is 14.9 Å². The van der Waals surface area contributed by atoms with E-state index in [1.165, 1.54) is 30.5 Å². The highest BCUT2D eigenvalue weighted by Crippen LogP contribution is 2.30. The Balaban J connectivity index is 2.34. The zero-order valence-electron chi connectivity index (χ0n) is 9.82. The molecule has 1 aromatic carbocycles. The van der Waals surface area contributed by atoms with Gasteiger partial charge in [-0.3, -0.25) is 10.1 Å². The monoisotopic (exact) mass is 338 g/mol. The Kier molecular flexibility index (Phi) is 3.94. The third kappa shape index (κ3) is 3.09. The van der Waals surface area contributed by atoms with Gasteiger partial charge in [0.15, 0.2) is 0 Å². The van der Waals surface area contributed by atoms with E-state index in [-0.39, 0.29) is 22.9 Å². The van der Waals surface area contributed by atoms with Crippen LogP contribution in [0, 0.1) is 10.1 Å². The summed E-state index contributed by atoms with van der Waals surface area (Å²) in [6.07, 6.45) is 1.24. The first kappa shape index (κ1) is 13.9. The number of aromatic carboxylic acids is 1. The molecule has 0 unspecified atom stereocenters. The first-order valence-corrected chi connectivity index (χ1v) is 6.08. The second kappa shape index (κ2) is 5.66. The molecule has 0 saturated carbocycles. The fourth-order valence-electron chi connectivity index (χ4n) is 1.40. The lowest BCUT2D eigenvalue weighted by atomic mass is 10.2. The zero-order valence-corrected chi connectivity index (χ0v) is 11.4. The molecule has 1 heterocycles. The number of ether oxygens (including phenoxy) is 1. The molecule has 0 spiro atoms. The second-order valence-corrected chi connectivity index (χ2v) is 4.52. The van der Waals surface area contributed by atoms with Crippen LogP contribution in [0.15, 0.2) is 41.0 Å². The highest BCUT2D eigenvalue weighted by molar-refractivity contribution is 9.10. The van der Waals surface area contributed by atoms with Crippen LogP contribution >= 0.6 is 15.9 Å². The van der Waals surface area contributed by atoms with E-state index in [4.69, 9.17) is 9.84 Å². The van der Waals surface area contributed by atoms with Crippen molar-refractivity contribution in [1.29, 1.82) is 0 Å². The molecule has 1 aromatic heterocycles. The van der Waals surface area contributed by atoms with Crippen LogP contribution in [0.25, 0.3) is 0 Å². The molecular weight excluding hydrogens is 332 g/mol. The first-order chi connectivity index (χ1) is 9.47. The Morgan fingerprint density at radius 3 is 2.75 bits per heavy atom. The SMILES string of the molecule is O=C(O)c1ccc(Br)c(Oc2cc([N+](=O)[O-])ccn2)c1. The summed E-state index contributed by atoms with van der Waals surface area (Å²) in [6.45, 7) is 0. The summed E-state index contributed by atoms with van der Waals surface area (Å²) in [5.74, 6) is -0.894. The van der Waals surface area contributed by atoms with Crippen LogP contribution in [0.3, 0.4) is 0 Å². The van der Waals surface area contributed by atoms with Crippen molar-refractivity contribution in [2.45, 2.75) is 0 Å². The minimum atomic E-state index is -1.10. The average molecular weight is 339 g/mol. The molecule has 2 aromatic rings. The topological polar surface area (TPSA) is 103 Å². The summed E-state index contributed by atoms with van der Waals surface area (Å²) >= 11 is 3.20. The maximum atomic E-state index is 10.9. The molecule has 8 heteroatoms. The third-order valence-electron chi connectivity index (χ3n) is 2.32. The van der Waals surface area contributed by atoms with E-state index < -0.39 is 10.9 Å². The molecule has 20 heavy (non-hydrogen) atoms. The molecule has 0 atom stereocenters. The Bertz CT molecular complexity index is 689. The molecule has 7 nitrogen and oxygen atoms in total. The van der Waals surface area contributed by atoms with Crippen LogP contribution in [0.5, 0.6) is 11.6 Å². The van der Waals surface area contributed by atoms with Gasteiger partial charge in [-0.05, 0) is 34.1 Å². The van der Waals surface area contributed by atoms with E-state index in [1.807, 2.05) is 0 Å². The molecule has 2 rings (SSSR count). The van der Waals surface area contributed by atoms with Gasteiger partial charge in [0.25, 0.3) is 5.69 Å². The van der Waals surface area contributed by atoms with Gasteiger partial charge in [-0.1, -0.05) is 0 Å². The number of hydrogen-bond acceptors (Lipinski definition) is 5. The fraction of sp³-hybridized carbons (Fsp3) is 0. The number of carboxylic acid groups (broad SMARTS) is 1. The average Bonchev–Trinajstić information content (AvgIpc) is 2.41. The van der Waals surface area contributed by atoms with Gasteiger partial charge in [0.05, 0.1) is 21.0 Å². The molecule has 0 aliphatic heterocycles. The predicted molar refractivity (Wildman–Crippen MR) is 72.1 cm³/mol. The van der Waals surface area contributed by atoms with Gasteiger partial charge in [0, 0.05) is 12.3 Å². The number of nitrogens with zero attached hydrogens (tertiary/aromatic N) is 2. The number of hydrogen-bond donors (Lipinski definition) is 1. The van der Waals surface area contributed by atoms with Crippen molar-refractivity contribution < 1.29 is 19.6 Å². The standard InChI is InChI=1S/C12H7BrN2O5/c13-9-2-1-7(12(16)17)5-10(9)20-11-6-8(15(18)19)3-4-14-11/h1-6H,(H,16,17). The maximum absolute atomic E-state index is 10.9. The van der Waals surface area contributed by atoms with Crippen LogP contribution < -0.4 is 4.74 Å². The number of pyridine rings is 1. The van der Waals surface area contributed by atoms with Crippen molar-refractivity contribution in [3.05, 3.63) is 56.7 Å². The molecule has 1 N–H and O–H groups in total. The quantitative estimate of drug-likeness (QED) is 0.678. The lowest BCUT2D eigenvalue weighted by molar-refractivity contribution is -0.385. The number of aromatic nitrogens is 1. The van der Waals surface area contributed by atoms with Crippen molar-refractivity contribution >= 4 is 27.6 Å². The number of rotatable bonds is 4. The van der Waals surface area contributed by atoms with Gasteiger partial charge >= 0.3 is 5.97 Å². The summed E-state index contributed by atoms with van der Waals surface area (Å²) < 4.78 is 5.88. The summed E-state index contributed by atoms with van der Waals surface area (Å²) in [5, 5.41) is 19.6. The van der Waals surface area contributed by atoms with Crippen molar-refractivity contribution in [3.63, 3.8) is 0 Å². The van der Waals surface area contributed by atoms with E-state index in [1.54, 1.807) is 0 Å². The number of benzene rings is 1. The molecule has 102 valence electrons. The number of carbonyl (C=O) groups is 1. The largest absolute Gasteiger partial charge is 0.478 e. The van der Waals surface area contributed by atoms with Crippen molar-refractivity contribution in [2.24, 2.45) is 0 Å². The van der Waals surface area contributed by atoms with Crippen molar-refractivity contribution in [2.75, 3.05) is 0 Å². The smallest absolute Gasteiger partial charge is 0.335 e. The Hall–Kier alpha value is -2.48. The Labute approximate surface area is 121 Å². The molecule has 0 amide bonds. The van der Waals surface area contributed by atoms with Crippen molar-refractivity contribution in [1.82, 2.24) is 4.98 Å². The molecular formula is C12H7BrN2O5. The summed E-state index contributed by atoms with van der Waals surface area (Å²) in [4.78, 5) is 24.8. The lowest BCUT2D eigenvalue weighted by Crippen LogP contribution is -1.97. The number of nitro groups is 1. The fourth-order valence-corrected chi connectivity index (χ4v) is 1.72. The highest BCUT2D eigenvalue weighted by Gasteiger charge is 2.12. The van der Waals surface area contributed by atoms with Crippen molar-refractivity contribution in [3.8, 4) is 11.6 Å².